The Morgan fingerprint density at radius 2 is 1.48 bits per heavy atom. The Balaban J connectivity index is 2.66. The van der Waals surface area contributed by atoms with Gasteiger partial charge < -0.3 is 0 Å². The minimum Gasteiger partial charge on any atom is -0.296 e. The predicted molar refractivity (Wildman–Crippen MR) is 105 cm³/mol. The van der Waals surface area contributed by atoms with Crippen molar-refractivity contribution in [3.05, 3.63) is 12.2 Å². The van der Waals surface area contributed by atoms with Gasteiger partial charge in [0, 0.05) is 19.1 Å². The van der Waals surface area contributed by atoms with Crippen molar-refractivity contribution in [3.8, 4) is 0 Å². The Kier molecular flexibility index (Phi) is 11.8. The number of unbranched alkanes of at least 4 members (excludes halogenated alkanes) is 2. The van der Waals surface area contributed by atoms with Crippen LogP contribution in [-0.4, -0.2) is 24.0 Å². The maximum atomic E-state index is 2.86. The molecule has 1 aliphatic rings. The average Bonchev–Trinajstić information content (AvgIpc) is 2.61. The standard InChI is InChI=1S/C22H43N/c1-5-9-14-20(7-3)18-23(22-16-12-11-13-17-22)19-21(8-4)15-10-6-2/h12,16,20-22H,5-11,13-15,17-19H2,1-4H3/t20-,21+,22-/m0/s1. The summed E-state index contributed by atoms with van der Waals surface area (Å²) in [6, 6.07) is 0.718. The molecule has 0 aromatic carbocycles. The number of hydrogen-bond acceptors (Lipinski definition) is 1. The van der Waals surface area contributed by atoms with Crippen molar-refractivity contribution in [1.82, 2.24) is 4.90 Å². The minimum atomic E-state index is 0.718. The lowest BCUT2D eigenvalue weighted by atomic mass is 9.92. The van der Waals surface area contributed by atoms with Crippen LogP contribution < -0.4 is 0 Å². The SMILES string of the molecule is CCCC[C@@H](CC)CN(C[C@@H](CC)CCCC)[C@H]1C=CCCC1. The summed E-state index contributed by atoms with van der Waals surface area (Å²) in [7, 11) is 0. The molecule has 136 valence electrons. The van der Waals surface area contributed by atoms with E-state index in [1.165, 1.54) is 83.7 Å². The van der Waals surface area contributed by atoms with Crippen LogP contribution in [0.2, 0.25) is 0 Å². The van der Waals surface area contributed by atoms with Crippen molar-refractivity contribution in [1.29, 1.82) is 0 Å². The smallest absolute Gasteiger partial charge is 0.0278 e. The molecule has 0 saturated carbocycles. The van der Waals surface area contributed by atoms with Crippen molar-refractivity contribution in [2.45, 2.75) is 104 Å². The molecule has 0 saturated heterocycles. The molecule has 0 aromatic heterocycles. The molecular weight excluding hydrogens is 278 g/mol. The summed E-state index contributed by atoms with van der Waals surface area (Å²) in [5.74, 6) is 1.79. The van der Waals surface area contributed by atoms with Gasteiger partial charge in [0.1, 0.15) is 0 Å². The van der Waals surface area contributed by atoms with Crippen LogP contribution in [0.25, 0.3) is 0 Å². The average molecular weight is 322 g/mol. The topological polar surface area (TPSA) is 3.24 Å². The summed E-state index contributed by atoms with van der Waals surface area (Å²) in [6.07, 6.45) is 20.0. The zero-order valence-electron chi connectivity index (χ0n) is 16.5. The summed E-state index contributed by atoms with van der Waals surface area (Å²) in [4.78, 5) is 2.86. The molecule has 0 bridgehead atoms. The third kappa shape index (κ3) is 8.38. The maximum absolute atomic E-state index is 2.86. The van der Waals surface area contributed by atoms with Gasteiger partial charge in [-0.05, 0) is 43.9 Å². The fourth-order valence-electron chi connectivity index (χ4n) is 3.94. The van der Waals surface area contributed by atoms with Crippen LogP contribution >= 0.6 is 0 Å². The first-order valence-electron chi connectivity index (χ1n) is 10.7. The highest BCUT2D eigenvalue weighted by Gasteiger charge is 2.23. The predicted octanol–water partition coefficient (Wildman–Crippen LogP) is 6.83. The lowest BCUT2D eigenvalue weighted by Gasteiger charge is -2.36. The van der Waals surface area contributed by atoms with E-state index >= 15 is 0 Å². The summed E-state index contributed by atoms with van der Waals surface area (Å²) in [5, 5.41) is 0. The molecule has 0 spiro atoms. The van der Waals surface area contributed by atoms with Crippen LogP contribution in [-0.2, 0) is 0 Å². The van der Waals surface area contributed by atoms with Gasteiger partial charge in [0.05, 0.1) is 0 Å². The third-order valence-corrected chi connectivity index (χ3v) is 5.77. The Labute approximate surface area is 146 Å². The van der Waals surface area contributed by atoms with Crippen molar-refractivity contribution in [3.63, 3.8) is 0 Å². The van der Waals surface area contributed by atoms with E-state index in [2.05, 4.69) is 44.7 Å². The van der Waals surface area contributed by atoms with E-state index in [1.807, 2.05) is 0 Å². The zero-order valence-corrected chi connectivity index (χ0v) is 16.5. The molecule has 1 aliphatic carbocycles. The highest BCUT2D eigenvalue weighted by atomic mass is 15.2. The first kappa shape index (κ1) is 20.7. The monoisotopic (exact) mass is 321 g/mol. The van der Waals surface area contributed by atoms with Gasteiger partial charge in [0.2, 0.25) is 0 Å². The molecule has 0 radical (unpaired) electrons. The molecule has 0 fully saturated rings. The van der Waals surface area contributed by atoms with Crippen molar-refractivity contribution in [2.24, 2.45) is 11.8 Å². The number of allylic oxidation sites excluding steroid dienone is 1. The van der Waals surface area contributed by atoms with E-state index in [-0.39, 0.29) is 0 Å². The van der Waals surface area contributed by atoms with Gasteiger partial charge in [0.25, 0.3) is 0 Å². The number of rotatable bonds is 13. The van der Waals surface area contributed by atoms with Gasteiger partial charge in [0.15, 0.2) is 0 Å². The van der Waals surface area contributed by atoms with Gasteiger partial charge in [-0.15, -0.1) is 0 Å². The normalized spacial score (nSPS) is 20.8. The van der Waals surface area contributed by atoms with E-state index < -0.39 is 0 Å². The van der Waals surface area contributed by atoms with E-state index in [0.717, 1.165) is 17.9 Å². The molecule has 0 amide bonds. The second-order valence-corrected chi connectivity index (χ2v) is 7.71. The Hall–Kier alpha value is -0.300. The molecule has 23 heavy (non-hydrogen) atoms. The van der Waals surface area contributed by atoms with Crippen LogP contribution in [0.5, 0.6) is 0 Å². The Morgan fingerprint density at radius 1 is 0.913 bits per heavy atom. The summed E-state index contributed by atoms with van der Waals surface area (Å²) >= 11 is 0. The quantitative estimate of drug-likeness (QED) is 0.336. The Bertz CT molecular complexity index is 278. The van der Waals surface area contributed by atoms with Crippen LogP contribution in [0.1, 0.15) is 98.3 Å². The van der Waals surface area contributed by atoms with Gasteiger partial charge in [-0.25, -0.2) is 0 Å². The molecule has 1 rings (SSSR count). The lowest BCUT2D eigenvalue weighted by molar-refractivity contribution is 0.142. The highest BCUT2D eigenvalue weighted by Crippen LogP contribution is 2.24. The van der Waals surface area contributed by atoms with Crippen LogP contribution in [0.4, 0.5) is 0 Å². The fraction of sp³-hybridized carbons (Fsp3) is 0.909. The molecule has 0 aliphatic heterocycles. The van der Waals surface area contributed by atoms with E-state index in [9.17, 15) is 0 Å². The Morgan fingerprint density at radius 3 is 1.87 bits per heavy atom. The maximum Gasteiger partial charge on any atom is 0.0278 e. The summed E-state index contributed by atoms with van der Waals surface area (Å²) < 4.78 is 0. The number of nitrogens with zero attached hydrogens (tertiary/aromatic N) is 1. The molecule has 3 atom stereocenters. The number of hydrogen-bond donors (Lipinski definition) is 0. The van der Waals surface area contributed by atoms with Crippen molar-refractivity contribution < 1.29 is 0 Å². The molecular formula is C22H43N. The van der Waals surface area contributed by atoms with Gasteiger partial charge in [-0.2, -0.15) is 0 Å². The molecule has 0 unspecified atom stereocenters. The van der Waals surface area contributed by atoms with E-state index in [4.69, 9.17) is 0 Å². The van der Waals surface area contributed by atoms with Gasteiger partial charge in [-0.1, -0.05) is 78.4 Å². The fourth-order valence-corrected chi connectivity index (χ4v) is 3.94. The minimum absolute atomic E-state index is 0.718. The second-order valence-electron chi connectivity index (χ2n) is 7.71. The van der Waals surface area contributed by atoms with Crippen LogP contribution in [0, 0.1) is 11.8 Å². The third-order valence-electron chi connectivity index (χ3n) is 5.77. The zero-order chi connectivity index (χ0) is 16.9. The first-order chi connectivity index (χ1) is 11.2. The second kappa shape index (κ2) is 13.0. The molecule has 1 heteroatoms. The molecule has 0 aromatic rings. The molecule has 0 N–H and O–H groups in total. The van der Waals surface area contributed by atoms with Gasteiger partial charge in [-0.3, -0.25) is 4.90 Å². The van der Waals surface area contributed by atoms with Gasteiger partial charge >= 0.3 is 0 Å². The van der Waals surface area contributed by atoms with E-state index in [1.54, 1.807) is 0 Å². The largest absolute Gasteiger partial charge is 0.296 e. The summed E-state index contributed by atoms with van der Waals surface area (Å²) in [6.45, 7) is 12.1. The molecule has 1 nitrogen and oxygen atoms in total. The van der Waals surface area contributed by atoms with Crippen LogP contribution in [0.3, 0.4) is 0 Å². The van der Waals surface area contributed by atoms with Crippen molar-refractivity contribution in [2.75, 3.05) is 13.1 Å². The first-order valence-corrected chi connectivity index (χ1v) is 10.7. The lowest BCUT2D eigenvalue weighted by Crippen LogP contribution is -2.41. The molecule has 0 heterocycles. The van der Waals surface area contributed by atoms with Crippen LogP contribution in [0.15, 0.2) is 12.2 Å². The van der Waals surface area contributed by atoms with Crippen molar-refractivity contribution >= 4 is 0 Å². The highest BCUT2D eigenvalue weighted by molar-refractivity contribution is 4.99. The van der Waals surface area contributed by atoms with E-state index in [0.29, 0.717) is 0 Å². The summed E-state index contributed by atoms with van der Waals surface area (Å²) in [5.41, 5.74) is 0.